The van der Waals surface area contributed by atoms with Gasteiger partial charge in [0.1, 0.15) is 6.33 Å². The molecule has 0 atom stereocenters. The lowest BCUT2D eigenvalue weighted by atomic mass is 10.5. The highest BCUT2D eigenvalue weighted by molar-refractivity contribution is 7.99. The number of carbonyl (C=O) groups is 1. The molecule has 2 aromatic heterocycles. The van der Waals surface area contributed by atoms with Crippen LogP contribution in [0.2, 0.25) is 0 Å². The van der Waals surface area contributed by atoms with Crippen LogP contribution < -0.4 is 0 Å². The van der Waals surface area contributed by atoms with Crippen molar-refractivity contribution in [1.82, 2.24) is 19.5 Å². The molecule has 2 aromatic rings. The van der Waals surface area contributed by atoms with E-state index in [1.165, 1.54) is 6.33 Å². The number of carboxylic acid groups (broad SMARTS) is 1. The molecule has 0 radical (unpaired) electrons. The minimum Gasteiger partial charge on any atom is -0.481 e. The van der Waals surface area contributed by atoms with Crippen molar-refractivity contribution >= 4 is 17.7 Å². The van der Waals surface area contributed by atoms with Gasteiger partial charge in [0.05, 0.1) is 23.8 Å². The van der Waals surface area contributed by atoms with Crippen molar-refractivity contribution in [3.05, 3.63) is 31.1 Å². The fraction of sp³-hybridized carbons (Fsp3) is 0.111. The average Bonchev–Trinajstić information content (AvgIpc) is 2.75. The molecule has 2 rings (SSSR count). The van der Waals surface area contributed by atoms with Gasteiger partial charge in [-0.05, 0) is 0 Å². The third kappa shape index (κ3) is 2.37. The molecule has 0 aromatic carbocycles. The van der Waals surface area contributed by atoms with Gasteiger partial charge in [0.15, 0.2) is 5.16 Å². The summed E-state index contributed by atoms with van der Waals surface area (Å²) < 4.78 is 1.74. The molecule has 0 aliphatic rings. The number of hydrogen-bond acceptors (Lipinski definition) is 5. The molecule has 82 valence electrons. The smallest absolute Gasteiger partial charge is 0.313 e. The lowest BCUT2D eigenvalue weighted by molar-refractivity contribution is -0.133. The summed E-state index contributed by atoms with van der Waals surface area (Å²) in [6.45, 7) is 0. The van der Waals surface area contributed by atoms with Gasteiger partial charge in [0.2, 0.25) is 0 Å². The molecule has 16 heavy (non-hydrogen) atoms. The first-order valence-corrected chi connectivity index (χ1v) is 5.39. The Morgan fingerprint density at radius 3 is 2.88 bits per heavy atom. The fourth-order valence-corrected chi connectivity index (χ4v) is 1.83. The zero-order valence-electron chi connectivity index (χ0n) is 8.15. The second-order valence-electron chi connectivity index (χ2n) is 2.86. The van der Waals surface area contributed by atoms with Gasteiger partial charge in [-0.25, -0.2) is 15.0 Å². The summed E-state index contributed by atoms with van der Waals surface area (Å²) in [5.41, 5.74) is 0.757. The number of carboxylic acids is 1. The van der Waals surface area contributed by atoms with E-state index in [4.69, 9.17) is 5.11 Å². The van der Waals surface area contributed by atoms with Crippen molar-refractivity contribution in [3.63, 3.8) is 0 Å². The monoisotopic (exact) mass is 236 g/mol. The van der Waals surface area contributed by atoms with Crippen LogP contribution in [0.4, 0.5) is 0 Å². The predicted molar refractivity (Wildman–Crippen MR) is 57.5 cm³/mol. The first-order valence-electron chi connectivity index (χ1n) is 4.40. The molecule has 0 bridgehead atoms. The van der Waals surface area contributed by atoms with Gasteiger partial charge < -0.3 is 5.11 Å². The maximum Gasteiger partial charge on any atom is 0.313 e. The summed E-state index contributed by atoms with van der Waals surface area (Å²) in [7, 11) is 0. The van der Waals surface area contributed by atoms with Gasteiger partial charge in [-0.15, -0.1) is 0 Å². The van der Waals surface area contributed by atoms with Gasteiger partial charge in [-0.2, -0.15) is 0 Å². The summed E-state index contributed by atoms with van der Waals surface area (Å²) in [4.78, 5) is 22.3. The Morgan fingerprint density at radius 1 is 1.44 bits per heavy atom. The van der Waals surface area contributed by atoms with Gasteiger partial charge in [0.25, 0.3) is 0 Å². The number of thioether (sulfide) groups is 1. The molecule has 0 saturated carbocycles. The van der Waals surface area contributed by atoms with E-state index in [9.17, 15) is 4.79 Å². The van der Waals surface area contributed by atoms with Gasteiger partial charge in [-0.1, -0.05) is 11.8 Å². The standard InChI is InChI=1S/C9H8N4O2S/c14-8(15)5-16-9-12-1-2-13(9)7-3-10-6-11-4-7/h1-4,6H,5H2,(H,14,15). The fourth-order valence-electron chi connectivity index (χ4n) is 1.13. The molecule has 7 heteroatoms. The summed E-state index contributed by atoms with van der Waals surface area (Å²) in [5, 5.41) is 9.20. The molecule has 0 fully saturated rings. The zero-order chi connectivity index (χ0) is 11.4. The van der Waals surface area contributed by atoms with Crippen molar-refractivity contribution < 1.29 is 9.90 Å². The van der Waals surface area contributed by atoms with Crippen LogP contribution in [0.5, 0.6) is 0 Å². The quantitative estimate of drug-likeness (QED) is 0.792. The molecule has 1 N–H and O–H groups in total. The summed E-state index contributed by atoms with van der Waals surface area (Å²) >= 11 is 1.15. The van der Waals surface area contributed by atoms with Crippen molar-refractivity contribution in [1.29, 1.82) is 0 Å². The van der Waals surface area contributed by atoms with E-state index in [-0.39, 0.29) is 5.75 Å². The van der Waals surface area contributed by atoms with Crippen LogP contribution in [0.25, 0.3) is 5.69 Å². The van der Waals surface area contributed by atoms with E-state index in [1.54, 1.807) is 29.4 Å². The average molecular weight is 236 g/mol. The van der Waals surface area contributed by atoms with Crippen molar-refractivity contribution in [2.75, 3.05) is 5.75 Å². The molecular weight excluding hydrogens is 228 g/mol. The Balaban J connectivity index is 2.23. The largest absolute Gasteiger partial charge is 0.481 e. The number of rotatable bonds is 4. The Hall–Kier alpha value is -1.89. The summed E-state index contributed by atoms with van der Waals surface area (Å²) in [6.07, 6.45) is 8.06. The topological polar surface area (TPSA) is 80.9 Å². The van der Waals surface area contributed by atoms with Crippen LogP contribution in [0.15, 0.2) is 36.3 Å². The van der Waals surface area contributed by atoms with Crippen LogP contribution in [0.3, 0.4) is 0 Å². The highest BCUT2D eigenvalue weighted by atomic mass is 32.2. The second-order valence-corrected chi connectivity index (χ2v) is 3.80. The second kappa shape index (κ2) is 4.75. The number of imidazole rings is 1. The Labute approximate surface area is 95.4 Å². The zero-order valence-corrected chi connectivity index (χ0v) is 8.96. The Morgan fingerprint density at radius 2 is 2.19 bits per heavy atom. The van der Waals surface area contributed by atoms with Crippen LogP contribution in [-0.2, 0) is 4.79 Å². The van der Waals surface area contributed by atoms with Gasteiger partial charge >= 0.3 is 5.97 Å². The molecule has 0 saturated heterocycles. The van der Waals surface area contributed by atoms with Crippen LogP contribution in [0, 0.1) is 0 Å². The highest BCUT2D eigenvalue weighted by Gasteiger charge is 2.07. The first kappa shape index (κ1) is 10.6. The lowest BCUT2D eigenvalue weighted by Crippen LogP contribution is -2.01. The number of nitrogens with zero attached hydrogens (tertiary/aromatic N) is 4. The third-order valence-corrected chi connectivity index (χ3v) is 2.71. The SMILES string of the molecule is O=C(O)CSc1nccn1-c1cncnc1. The molecule has 2 heterocycles. The van der Waals surface area contributed by atoms with Gasteiger partial charge in [0, 0.05) is 12.4 Å². The number of aromatic nitrogens is 4. The number of aliphatic carboxylic acids is 1. The molecule has 0 spiro atoms. The van der Waals surface area contributed by atoms with E-state index in [1.807, 2.05) is 0 Å². The van der Waals surface area contributed by atoms with Crippen molar-refractivity contribution in [2.45, 2.75) is 5.16 Å². The predicted octanol–water partition coefficient (Wildman–Crippen LogP) is 0.839. The van der Waals surface area contributed by atoms with E-state index in [0.717, 1.165) is 17.4 Å². The van der Waals surface area contributed by atoms with E-state index in [2.05, 4.69) is 15.0 Å². The minimum atomic E-state index is -0.871. The van der Waals surface area contributed by atoms with Crippen LogP contribution >= 0.6 is 11.8 Å². The van der Waals surface area contributed by atoms with Crippen molar-refractivity contribution in [2.24, 2.45) is 0 Å². The lowest BCUT2D eigenvalue weighted by Gasteiger charge is -2.04. The van der Waals surface area contributed by atoms with E-state index < -0.39 is 5.97 Å². The molecule has 0 unspecified atom stereocenters. The Bertz CT molecular complexity index is 485. The van der Waals surface area contributed by atoms with Crippen LogP contribution in [0.1, 0.15) is 0 Å². The maximum absolute atomic E-state index is 10.5. The maximum atomic E-state index is 10.5. The highest BCUT2D eigenvalue weighted by Crippen LogP contribution is 2.18. The van der Waals surface area contributed by atoms with Gasteiger partial charge in [-0.3, -0.25) is 9.36 Å². The first-order chi connectivity index (χ1) is 7.77. The normalized spacial score (nSPS) is 10.2. The van der Waals surface area contributed by atoms with Crippen molar-refractivity contribution in [3.8, 4) is 5.69 Å². The summed E-state index contributed by atoms with van der Waals surface area (Å²) in [6, 6.07) is 0. The molecule has 0 aliphatic heterocycles. The third-order valence-electron chi connectivity index (χ3n) is 1.76. The minimum absolute atomic E-state index is 0.0231. The summed E-state index contributed by atoms with van der Waals surface area (Å²) in [5.74, 6) is -0.895. The molecular formula is C9H8N4O2S. The van der Waals surface area contributed by atoms with Crippen LogP contribution in [-0.4, -0.2) is 36.3 Å². The Kier molecular flexibility index (Phi) is 3.16. The number of hydrogen-bond donors (Lipinski definition) is 1. The molecule has 0 aliphatic carbocycles. The van der Waals surface area contributed by atoms with E-state index >= 15 is 0 Å². The molecule has 6 nitrogen and oxygen atoms in total. The van der Waals surface area contributed by atoms with E-state index in [0.29, 0.717) is 5.16 Å². The molecule has 0 amide bonds.